The van der Waals surface area contributed by atoms with Crippen molar-refractivity contribution in [2.24, 2.45) is 7.05 Å². The molecule has 3 aromatic heterocycles. The zero-order valence-electron chi connectivity index (χ0n) is 18.1. The SMILES string of the molecule is Cn1cc(-c2ncnc3oc(-c4ccccc4)cc23)c(-c2ccc(F)cc2)n1.OC1CCC1. The van der Waals surface area contributed by atoms with Crippen LogP contribution in [0.25, 0.3) is 44.9 Å². The van der Waals surface area contributed by atoms with Crippen LogP contribution in [0.5, 0.6) is 0 Å². The van der Waals surface area contributed by atoms with Crippen LogP contribution in [0.2, 0.25) is 0 Å². The largest absolute Gasteiger partial charge is 0.438 e. The van der Waals surface area contributed by atoms with Crippen molar-refractivity contribution in [3.05, 3.63) is 79.0 Å². The zero-order chi connectivity index (χ0) is 22.8. The molecule has 0 amide bonds. The summed E-state index contributed by atoms with van der Waals surface area (Å²) in [5, 5.41) is 13.8. The number of hydrogen-bond acceptors (Lipinski definition) is 5. The lowest BCUT2D eigenvalue weighted by atomic mass is 9.97. The van der Waals surface area contributed by atoms with Crippen LogP contribution >= 0.6 is 0 Å². The second-order valence-electron chi connectivity index (χ2n) is 8.07. The molecule has 1 aliphatic rings. The van der Waals surface area contributed by atoms with Gasteiger partial charge in [-0.2, -0.15) is 5.10 Å². The van der Waals surface area contributed by atoms with Gasteiger partial charge in [-0.1, -0.05) is 30.3 Å². The van der Waals surface area contributed by atoms with Crippen LogP contribution in [-0.4, -0.2) is 31.0 Å². The van der Waals surface area contributed by atoms with Crippen molar-refractivity contribution < 1.29 is 13.9 Å². The quantitative estimate of drug-likeness (QED) is 0.392. The van der Waals surface area contributed by atoms with Gasteiger partial charge in [-0.25, -0.2) is 14.4 Å². The number of fused-ring (bicyclic) bond motifs is 1. The number of aromatic nitrogens is 4. The summed E-state index contributed by atoms with van der Waals surface area (Å²) in [4.78, 5) is 8.78. The number of nitrogens with zero attached hydrogens (tertiary/aromatic N) is 4. The number of aliphatic hydroxyl groups is 1. The molecule has 0 bridgehead atoms. The molecule has 1 fully saturated rings. The van der Waals surface area contributed by atoms with Gasteiger partial charge >= 0.3 is 0 Å². The molecule has 5 aromatic rings. The van der Waals surface area contributed by atoms with Gasteiger partial charge in [0.2, 0.25) is 5.71 Å². The van der Waals surface area contributed by atoms with E-state index in [1.807, 2.05) is 49.6 Å². The highest BCUT2D eigenvalue weighted by atomic mass is 19.1. The van der Waals surface area contributed by atoms with Gasteiger partial charge in [0.25, 0.3) is 0 Å². The molecular formula is C26H23FN4O2. The van der Waals surface area contributed by atoms with Crippen LogP contribution in [-0.2, 0) is 7.05 Å². The second-order valence-corrected chi connectivity index (χ2v) is 8.07. The van der Waals surface area contributed by atoms with E-state index < -0.39 is 0 Å². The molecule has 1 N–H and O–H groups in total. The van der Waals surface area contributed by atoms with Gasteiger partial charge in [0, 0.05) is 29.9 Å². The van der Waals surface area contributed by atoms with Crippen molar-refractivity contribution in [1.29, 1.82) is 0 Å². The summed E-state index contributed by atoms with van der Waals surface area (Å²) in [7, 11) is 1.85. The molecule has 3 heterocycles. The Hall–Kier alpha value is -3.84. The number of aliphatic hydroxyl groups excluding tert-OH is 1. The van der Waals surface area contributed by atoms with Gasteiger partial charge in [-0.3, -0.25) is 4.68 Å². The summed E-state index contributed by atoms with van der Waals surface area (Å²) >= 11 is 0. The number of halogens is 1. The third-order valence-corrected chi connectivity index (χ3v) is 5.66. The third-order valence-electron chi connectivity index (χ3n) is 5.66. The minimum absolute atomic E-state index is 0.0648. The molecule has 6 rings (SSSR count). The fourth-order valence-electron chi connectivity index (χ4n) is 3.68. The summed E-state index contributed by atoms with van der Waals surface area (Å²) < 4.78 is 21.0. The Morgan fingerprint density at radius 2 is 1.70 bits per heavy atom. The van der Waals surface area contributed by atoms with Crippen molar-refractivity contribution in [3.63, 3.8) is 0 Å². The maximum absolute atomic E-state index is 13.3. The molecule has 7 heteroatoms. The van der Waals surface area contributed by atoms with E-state index >= 15 is 0 Å². The molecule has 6 nitrogen and oxygen atoms in total. The fourth-order valence-corrected chi connectivity index (χ4v) is 3.68. The van der Waals surface area contributed by atoms with Gasteiger partial charge in [0.05, 0.1) is 17.2 Å². The normalized spacial score (nSPS) is 13.4. The predicted molar refractivity (Wildman–Crippen MR) is 125 cm³/mol. The number of rotatable bonds is 3. The Morgan fingerprint density at radius 1 is 0.970 bits per heavy atom. The van der Waals surface area contributed by atoms with Crippen molar-refractivity contribution in [2.75, 3.05) is 0 Å². The average Bonchev–Trinajstić information content (AvgIpc) is 3.43. The van der Waals surface area contributed by atoms with Crippen LogP contribution < -0.4 is 0 Å². The van der Waals surface area contributed by atoms with Crippen molar-refractivity contribution in [1.82, 2.24) is 19.7 Å². The zero-order valence-corrected chi connectivity index (χ0v) is 18.1. The first-order valence-electron chi connectivity index (χ1n) is 10.9. The molecule has 2 aromatic carbocycles. The second kappa shape index (κ2) is 8.96. The van der Waals surface area contributed by atoms with Crippen molar-refractivity contribution in [2.45, 2.75) is 25.4 Å². The molecule has 0 spiro atoms. The van der Waals surface area contributed by atoms with Crippen molar-refractivity contribution in [3.8, 4) is 33.8 Å². The number of aryl methyl sites for hydroxylation is 1. The Labute approximate surface area is 190 Å². The number of benzene rings is 2. The average molecular weight is 442 g/mol. The Kier molecular flexibility index (Phi) is 5.71. The summed E-state index contributed by atoms with van der Waals surface area (Å²) in [6.45, 7) is 0. The highest BCUT2D eigenvalue weighted by molar-refractivity contribution is 5.95. The van der Waals surface area contributed by atoms with Crippen LogP contribution in [0, 0.1) is 5.82 Å². The van der Waals surface area contributed by atoms with E-state index in [0.717, 1.165) is 52.1 Å². The first-order chi connectivity index (χ1) is 16.1. The Morgan fingerprint density at radius 3 is 2.36 bits per heavy atom. The molecular weight excluding hydrogens is 419 g/mol. The highest BCUT2D eigenvalue weighted by Crippen LogP contribution is 2.36. The lowest BCUT2D eigenvalue weighted by Crippen LogP contribution is -2.15. The van der Waals surface area contributed by atoms with E-state index in [2.05, 4.69) is 15.1 Å². The Bertz CT molecular complexity index is 1370. The minimum Gasteiger partial charge on any atom is -0.438 e. The molecule has 0 saturated heterocycles. The van der Waals surface area contributed by atoms with E-state index in [9.17, 15) is 4.39 Å². The van der Waals surface area contributed by atoms with Crippen molar-refractivity contribution >= 4 is 11.1 Å². The van der Waals surface area contributed by atoms with Crippen LogP contribution in [0.15, 0.2) is 77.6 Å². The Balaban J connectivity index is 0.000000406. The molecule has 1 aliphatic carbocycles. The van der Waals surface area contributed by atoms with E-state index in [4.69, 9.17) is 9.52 Å². The molecule has 0 radical (unpaired) electrons. The first kappa shape index (κ1) is 21.0. The lowest BCUT2D eigenvalue weighted by Gasteiger charge is -2.17. The standard InChI is InChI=1S/C22H15FN4O.C4H8O/c1-27-12-18(20(26-27)15-7-9-16(23)10-8-15)21-17-11-19(14-5-3-2-4-6-14)28-22(17)25-13-24-21;5-4-2-1-3-4/h2-13H,1H3;4-5H,1-3H2. The lowest BCUT2D eigenvalue weighted by molar-refractivity contribution is 0.0950. The predicted octanol–water partition coefficient (Wildman–Crippen LogP) is 5.63. The summed E-state index contributed by atoms with van der Waals surface area (Å²) in [5.74, 6) is 0.442. The number of hydrogen-bond donors (Lipinski definition) is 1. The summed E-state index contributed by atoms with van der Waals surface area (Å²) in [5.41, 5.74) is 4.58. The fraction of sp³-hybridized carbons (Fsp3) is 0.192. The first-order valence-corrected chi connectivity index (χ1v) is 10.9. The van der Waals surface area contributed by atoms with Gasteiger partial charge in [0.15, 0.2) is 0 Å². The highest BCUT2D eigenvalue weighted by Gasteiger charge is 2.19. The van der Waals surface area contributed by atoms with Crippen LogP contribution in [0.4, 0.5) is 4.39 Å². The van der Waals surface area contributed by atoms with E-state index in [-0.39, 0.29) is 11.9 Å². The van der Waals surface area contributed by atoms with E-state index in [1.165, 1.54) is 24.9 Å². The van der Waals surface area contributed by atoms with Gasteiger partial charge < -0.3 is 9.52 Å². The monoisotopic (exact) mass is 442 g/mol. The third kappa shape index (κ3) is 4.40. The van der Waals surface area contributed by atoms with Gasteiger partial charge in [0.1, 0.15) is 23.6 Å². The topological polar surface area (TPSA) is 77.0 Å². The molecule has 33 heavy (non-hydrogen) atoms. The summed E-state index contributed by atoms with van der Waals surface area (Å²) in [6.07, 6.45) is 6.77. The smallest absolute Gasteiger partial charge is 0.230 e. The molecule has 0 unspecified atom stereocenters. The van der Waals surface area contributed by atoms with E-state index in [1.54, 1.807) is 16.8 Å². The molecule has 166 valence electrons. The minimum atomic E-state index is -0.284. The molecule has 1 saturated carbocycles. The number of furan rings is 1. The summed E-state index contributed by atoms with van der Waals surface area (Å²) in [6, 6.07) is 18.1. The van der Waals surface area contributed by atoms with E-state index in [0.29, 0.717) is 5.71 Å². The molecule has 0 aliphatic heterocycles. The van der Waals surface area contributed by atoms with Crippen LogP contribution in [0.3, 0.4) is 0 Å². The molecule has 0 atom stereocenters. The van der Waals surface area contributed by atoms with Crippen LogP contribution in [0.1, 0.15) is 19.3 Å². The maximum atomic E-state index is 13.3. The van der Waals surface area contributed by atoms with Gasteiger partial charge in [-0.05, 0) is 49.6 Å². The maximum Gasteiger partial charge on any atom is 0.230 e. The van der Waals surface area contributed by atoms with Gasteiger partial charge in [-0.15, -0.1) is 0 Å².